The van der Waals surface area contributed by atoms with Crippen LogP contribution in [0.15, 0.2) is 24.3 Å². The molecule has 2 aliphatic rings. The Balaban J connectivity index is 1.60. The van der Waals surface area contributed by atoms with E-state index in [1.807, 2.05) is 18.5 Å². The Hall–Kier alpha value is -2.82. The zero-order valence-corrected chi connectivity index (χ0v) is 19.1. The molecule has 10 heteroatoms. The summed E-state index contributed by atoms with van der Waals surface area (Å²) in [4.78, 5) is 12.0. The van der Waals surface area contributed by atoms with Crippen molar-refractivity contribution in [2.75, 3.05) is 43.1 Å². The third-order valence-electron chi connectivity index (χ3n) is 6.58. The molecule has 1 saturated carbocycles. The largest absolute Gasteiger partial charge is 0.380 e. The number of fused-ring (bicyclic) bond motifs is 2. The van der Waals surface area contributed by atoms with Gasteiger partial charge < -0.3 is 25.4 Å². The summed E-state index contributed by atoms with van der Waals surface area (Å²) in [7, 11) is 0. The molecule has 176 valence electrons. The first-order valence-electron chi connectivity index (χ1n) is 11.5. The van der Waals surface area contributed by atoms with Crippen molar-refractivity contribution < 1.29 is 13.9 Å². The Labute approximate surface area is 192 Å². The second-order valence-electron chi connectivity index (χ2n) is 8.52. The molecule has 1 aliphatic carbocycles. The lowest BCUT2D eigenvalue weighted by Crippen LogP contribution is -2.55. The number of halogens is 1. The van der Waals surface area contributed by atoms with Crippen molar-refractivity contribution in [3.63, 3.8) is 0 Å². The van der Waals surface area contributed by atoms with Gasteiger partial charge >= 0.3 is 0 Å². The van der Waals surface area contributed by atoms with E-state index in [9.17, 15) is 4.39 Å². The van der Waals surface area contributed by atoms with Crippen molar-refractivity contribution in [1.82, 2.24) is 19.7 Å². The molecule has 0 amide bonds. The molecule has 2 aromatic heterocycles. The summed E-state index contributed by atoms with van der Waals surface area (Å²) in [5.74, 6) is 1.57. The molecular formula is C23H30FN7O2. The van der Waals surface area contributed by atoms with Crippen molar-refractivity contribution in [3.8, 4) is 0 Å². The minimum absolute atomic E-state index is 0.0220. The number of aromatic nitrogens is 4. The number of nitrogens with one attached hydrogen (secondary N) is 1. The Bertz CT molecular complexity index is 1130. The molecule has 0 spiro atoms. The summed E-state index contributed by atoms with van der Waals surface area (Å²) < 4.78 is 26.6. The second kappa shape index (κ2) is 8.85. The predicted molar refractivity (Wildman–Crippen MR) is 124 cm³/mol. The number of hydrogen-bond donors (Lipinski definition) is 2. The van der Waals surface area contributed by atoms with Gasteiger partial charge in [-0.05, 0) is 44.5 Å². The first-order valence-corrected chi connectivity index (χ1v) is 11.5. The molecule has 2 unspecified atom stereocenters. The van der Waals surface area contributed by atoms with Crippen molar-refractivity contribution in [2.45, 2.75) is 39.0 Å². The van der Waals surface area contributed by atoms with E-state index < -0.39 is 0 Å². The van der Waals surface area contributed by atoms with Gasteiger partial charge in [0.05, 0.1) is 25.3 Å². The number of benzene rings is 1. The topological polar surface area (TPSA) is 103 Å². The standard InChI is InChI=1S/C23H30FN7O2/c1-3-32-10-9-31-20-19(18(29-31)13-33-4-2)27-22(30-12-15-11-23(15,30)14-25)28-21(20)26-17-7-5-16(24)6-8-17/h5-8,15H,3-4,9-14,25H2,1-2H3,(H,26,27,28). The molecule has 1 saturated heterocycles. The fourth-order valence-electron chi connectivity index (χ4n) is 4.63. The first kappa shape index (κ1) is 22.0. The van der Waals surface area contributed by atoms with Gasteiger partial charge in [-0.3, -0.25) is 4.68 Å². The van der Waals surface area contributed by atoms with Crippen LogP contribution < -0.4 is 16.0 Å². The van der Waals surface area contributed by atoms with Gasteiger partial charge in [-0.1, -0.05) is 0 Å². The van der Waals surface area contributed by atoms with Crippen LogP contribution >= 0.6 is 0 Å². The predicted octanol–water partition coefficient (Wildman–Crippen LogP) is 2.82. The van der Waals surface area contributed by atoms with Gasteiger partial charge in [0.1, 0.15) is 22.5 Å². The van der Waals surface area contributed by atoms with Crippen LogP contribution in [-0.4, -0.2) is 58.2 Å². The Morgan fingerprint density at radius 3 is 2.64 bits per heavy atom. The van der Waals surface area contributed by atoms with Crippen molar-refractivity contribution in [1.29, 1.82) is 0 Å². The Kier molecular flexibility index (Phi) is 5.90. The van der Waals surface area contributed by atoms with Crippen LogP contribution in [0.5, 0.6) is 0 Å². The summed E-state index contributed by atoms with van der Waals surface area (Å²) in [6, 6.07) is 6.21. The second-order valence-corrected chi connectivity index (χ2v) is 8.52. The Morgan fingerprint density at radius 1 is 1.18 bits per heavy atom. The molecule has 3 heterocycles. The van der Waals surface area contributed by atoms with E-state index in [-0.39, 0.29) is 11.4 Å². The maximum Gasteiger partial charge on any atom is 0.228 e. The van der Waals surface area contributed by atoms with Crippen LogP contribution in [0, 0.1) is 11.7 Å². The van der Waals surface area contributed by atoms with Gasteiger partial charge in [0.2, 0.25) is 5.95 Å². The number of nitrogens with zero attached hydrogens (tertiary/aromatic N) is 5. The highest BCUT2D eigenvalue weighted by atomic mass is 19.1. The lowest BCUT2D eigenvalue weighted by Gasteiger charge is -2.40. The number of ether oxygens (including phenoxy) is 2. The molecule has 33 heavy (non-hydrogen) atoms. The quantitative estimate of drug-likeness (QED) is 0.426. The van der Waals surface area contributed by atoms with E-state index in [1.165, 1.54) is 12.1 Å². The van der Waals surface area contributed by atoms with Crippen LogP contribution in [0.4, 0.5) is 21.8 Å². The maximum atomic E-state index is 13.5. The molecular weight excluding hydrogens is 425 g/mol. The summed E-state index contributed by atoms with van der Waals surface area (Å²) >= 11 is 0. The van der Waals surface area contributed by atoms with E-state index in [4.69, 9.17) is 30.3 Å². The average Bonchev–Trinajstić information content (AvgIpc) is 3.22. The highest BCUT2D eigenvalue weighted by molar-refractivity contribution is 5.91. The third-order valence-corrected chi connectivity index (χ3v) is 6.58. The van der Waals surface area contributed by atoms with Gasteiger partial charge in [0, 0.05) is 37.9 Å². The minimum atomic E-state index is -0.292. The van der Waals surface area contributed by atoms with Gasteiger partial charge in [-0.15, -0.1) is 0 Å². The Morgan fingerprint density at radius 2 is 1.97 bits per heavy atom. The van der Waals surface area contributed by atoms with E-state index in [1.54, 1.807) is 12.1 Å². The molecule has 2 fully saturated rings. The van der Waals surface area contributed by atoms with E-state index in [0.29, 0.717) is 57.2 Å². The molecule has 5 rings (SSSR count). The van der Waals surface area contributed by atoms with E-state index in [2.05, 4.69) is 10.2 Å². The molecule has 3 aromatic rings. The maximum absolute atomic E-state index is 13.5. The number of hydrogen-bond acceptors (Lipinski definition) is 8. The molecule has 2 atom stereocenters. The zero-order chi connectivity index (χ0) is 23.0. The highest BCUT2D eigenvalue weighted by Gasteiger charge is 2.67. The smallest absolute Gasteiger partial charge is 0.228 e. The molecule has 1 aliphatic heterocycles. The summed E-state index contributed by atoms with van der Waals surface area (Å²) in [6.45, 7) is 8.03. The fraction of sp³-hybridized carbons (Fsp3) is 0.522. The monoisotopic (exact) mass is 455 g/mol. The van der Waals surface area contributed by atoms with Crippen LogP contribution in [0.3, 0.4) is 0 Å². The van der Waals surface area contributed by atoms with Gasteiger partial charge in [-0.2, -0.15) is 10.1 Å². The first-order chi connectivity index (χ1) is 16.1. The van der Waals surface area contributed by atoms with Crippen molar-refractivity contribution in [3.05, 3.63) is 35.8 Å². The van der Waals surface area contributed by atoms with E-state index in [0.717, 1.165) is 35.4 Å². The van der Waals surface area contributed by atoms with Crippen LogP contribution in [0.1, 0.15) is 26.0 Å². The van der Waals surface area contributed by atoms with Crippen molar-refractivity contribution in [2.24, 2.45) is 11.7 Å². The molecule has 1 aromatic carbocycles. The van der Waals surface area contributed by atoms with Crippen LogP contribution in [0.2, 0.25) is 0 Å². The number of rotatable bonds is 11. The minimum Gasteiger partial charge on any atom is -0.380 e. The van der Waals surface area contributed by atoms with Gasteiger partial charge in [0.15, 0.2) is 5.82 Å². The van der Waals surface area contributed by atoms with E-state index >= 15 is 0 Å². The van der Waals surface area contributed by atoms with Crippen LogP contribution in [-0.2, 0) is 22.6 Å². The average molecular weight is 456 g/mol. The zero-order valence-electron chi connectivity index (χ0n) is 19.1. The van der Waals surface area contributed by atoms with Crippen molar-refractivity contribution >= 4 is 28.5 Å². The van der Waals surface area contributed by atoms with Gasteiger partial charge in [0.25, 0.3) is 0 Å². The third kappa shape index (κ3) is 3.92. The number of nitrogens with two attached hydrogens (primary N) is 1. The summed E-state index contributed by atoms with van der Waals surface area (Å²) in [5.41, 5.74) is 9.07. The molecule has 0 radical (unpaired) electrons. The van der Waals surface area contributed by atoms with Crippen LogP contribution in [0.25, 0.3) is 11.0 Å². The highest BCUT2D eigenvalue weighted by Crippen LogP contribution is 2.58. The molecule has 0 bridgehead atoms. The lowest BCUT2D eigenvalue weighted by atomic mass is 10.0. The summed E-state index contributed by atoms with van der Waals surface area (Å²) in [5, 5.41) is 8.15. The molecule has 9 nitrogen and oxygen atoms in total. The lowest BCUT2D eigenvalue weighted by molar-refractivity contribution is 0.128. The normalized spacial score (nSPS) is 21.2. The van der Waals surface area contributed by atoms with Gasteiger partial charge in [-0.25, -0.2) is 9.37 Å². The number of anilines is 3. The fourth-order valence-corrected chi connectivity index (χ4v) is 4.63. The SMILES string of the molecule is CCOCCn1nc(COCC)c2nc(N3CC4CC43CN)nc(Nc3ccc(F)cc3)c21. The summed E-state index contributed by atoms with van der Waals surface area (Å²) in [6.07, 6.45) is 1.07. The molecule has 3 N–H and O–H groups in total.